The Morgan fingerprint density at radius 2 is 1.95 bits per heavy atom. The molecule has 0 spiro atoms. The molecule has 1 amide bonds. The van der Waals surface area contributed by atoms with Crippen molar-refractivity contribution in [3.63, 3.8) is 0 Å². The highest BCUT2D eigenvalue weighted by molar-refractivity contribution is 7.90. The van der Waals surface area contributed by atoms with Crippen LogP contribution < -0.4 is 5.32 Å². The molecule has 2 N–H and O–H groups in total. The van der Waals surface area contributed by atoms with Crippen molar-refractivity contribution in [3.8, 4) is 0 Å². The number of pyridine rings is 1. The SMILES string of the molecule is CCC(C(=O)NCC(F)(F)F)N1CC[C@H](n2c([C@@H](C)O)nc3cnc4c(ccn4S(=O)(=O)c4ccccc4)c32)C1. The van der Waals surface area contributed by atoms with Crippen LogP contribution in [-0.2, 0) is 14.8 Å². The highest BCUT2D eigenvalue weighted by atomic mass is 32.2. The third kappa shape index (κ3) is 5.06. The Morgan fingerprint density at radius 1 is 1.23 bits per heavy atom. The third-order valence-corrected chi connectivity index (χ3v) is 8.86. The van der Waals surface area contributed by atoms with Gasteiger partial charge in [0.25, 0.3) is 10.0 Å². The first kappa shape index (κ1) is 28.1. The number of aromatic nitrogens is 4. The van der Waals surface area contributed by atoms with Crippen molar-refractivity contribution in [3.05, 3.63) is 54.6 Å². The van der Waals surface area contributed by atoms with E-state index in [1.807, 2.05) is 14.8 Å². The summed E-state index contributed by atoms with van der Waals surface area (Å²) in [5.41, 5.74) is 1.25. The zero-order valence-corrected chi connectivity index (χ0v) is 22.7. The van der Waals surface area contributed by atoms with E-state index in [1.54, 1.807) is 38.1 Å². The Labute approximate surface area is 228 Å². The van der Waals surface area contributed by atoms with Gasteiger partial charge in [-0.25, -0.2) is 22.4 Å². The molecule has 40 heavy (non-hydrogen) atoms. The summed E-state index contributed by atoms with van der Waals surface area (Å²) in [4.78, 5) is 23.5. The van der Waals surface area contributed by atoms with Gasteiger partial charge in [-0.15, -0.1) is 0 Å². The van der Waals surface area contributed by atoms with Crippen LogP contribution in [0.4, 0.5) is 13.2 Å². The molecule has 0 saturated carbocycles. The number of aliphatic hydroxyl groups excluding tert-OH is 1. The second-order valence-electron chi connectivity index (χ2n) is 9.87. The number of nitrogens with one attached hydrogen (secondary N) is 1. The molecule has 14 heteroatoms. The zero-order valence-electron chi connectivity index (χ0n) is 21.8. The molecule has 0 bridgehead atoms. The van der Waals surface area contributed by atoms with E-state index in [2.05, 4.69) is 9.97 Å². The molecule has 1 unspecified atom stereocenters. The number of fused-ring (bicyclic) bond motifs is 3. The van der Waals surface area contributed by atoms with Crippen molar-refractivity contribution >= 4 is 38.0 Å². The molecule has 10 nitrogen and oxygen atoms in total. The Morgan fingerprint density at radius 3 is 2.60 bits per heavy atom. The molecule has 0 aliphatic carbocycles. The van der Waals surface area contributed by atoms with Crippen molar-refractivity contribution in [1.29, 1.82) is 0 Å². The molecule has 1 fully saturated rings. The Kier molecular flexibility index (Phi) is 7.35. The topological polar surface area (TPSA) is 122 Å². The molecular weight excluding hydrogens is 549 g/mol. The quantitative estimate of drug-likeness (QED) is 0.329. The molecule has 1 aliphatic rings. The Hall–Kier alpha value is -3.49. The smallest absolute Gasteiger partial charge is 0.385 e. The average molecular weight is 579 g/mol. The van der Waals surface area contributed by atoms with Crippen LogP contribution in [0, 0.1) is 0 Å². The minimum Gasteiger partial charge on any atom is -0.385 e. The van der Waals surface area contributed by atoms with E-state index in [0.29, 0.717) is 48.2 Å². The number of imidazole rings is 1. The van der Waals surface area contributed by atoms with Crippen molar-refractivity contribution in [2.24, 2.45) is 0 Å². The van der Waals surface area contributed by atoms with E-state index >= 15 is 0 Å². The summed E-state index contributed by atoms with van der Waals surface area (Å²) in [5.74, 6) is -0.342. The van der Waals surface area contributed by atoms with Gasteiger partial charge in [0, 0.05) is 30.7 Å². The maximum Gasteiger partial charge on any atom is 0.405 e. The highest BCUT2D eigenvalue weighted by Crippen LogP contribution is 2.35. The molecule has 1 saturated heterocycles. The van der Waals surface area contributed by atoms with Crippen LogP contribution in [0.1, 0.15) is 44.7 Å². The fourth-order valence-corrected chi connectivity index (χ4v) is 6.73. The average Bonchev–Trinajstić information content (AvgIpc) is 3.64. The van der Waals surface area contributed by atoms with Crippen molar-refractivity contribution in [2.45, 2.75) is 55.9 Å². The summed E-state index contributed by atoms with van der Waals surface area (Å²) < 4.78 is 67.7. The summed E-state index contributed by atoms with van der Waals surface area (Å²) in [6.07, 6.45) is -1.72. The van der Waals surface area contributed by atoms with Gasteiger partial charge in [-0.1, -0.05) is 25.1 Å². The number of halogens is 3. The summed E-state index contributed by atoms with van der Waals surface area (Å²) >= 11 is 0. The molecule has 4 aromatic rings. The number of likely N-dealkylation sites (tertiary alicyclic amines) is 1. The minimum absolute atomic E-state index is 0.105. The van der Waals surface area contributed by atoms with Crippen LogP contribution in [0.15, 0.2) is 53.7 Å². The molecule has 1 aliphatic heterocycles. The lowest BCUT2D eigenvalue weighted by Gasteiger charge is -2.26. The van der Waals surface area contributed by atoms with Gasteiger partial charge < -0.3 is 15.0 Å². The van der Waals surface area contributed by atoms with Crippen molar-refractivity contribution in [2.75, 3.05) is 19.6 Å². The number of aliphatic hydroxyl groups is 1. The number of carbonyl (C=O) groups is 1. The van der Waals surface area contributed by atoms with E-state index < -0.39 is 40.8 Å². The molecule has 1 aromatic carbocycles. The van der Waals surface area contributed by atoms with Gasteiger partial charge >= 0.3 is 6.18 Å². The molecule has 4 heterocycles. The number of amides is 1. The van der Waals surface area contributed by atoms with Gasteiger partial charge in [0.05, 0.1) is 22.7 Å². The Bertz CT molecular complexity index is 1650. The summed E-state index contributed by atoms with van der Waals surface area (Å²) in [5, 5.41) is 13.1. The van der Waals surface area contributed by atoms with Crippen LogP contribution in [-0.4, -0.2) is 74.7 Å². The van der Waals surface area contributed by atoms with Crippen molar-refractivity contribution < 1.29 is 31.5 Å². The first-order chi connectivity index (χ1) is 18.9. The number of alkyl halides is 3. The predicted molar refractivity (Wildman–Crippen MR) is 141 cm³/mol. The number of hydrogen-bond acceptors (Lipinski definition) is 7. The van der Waals surface area contributed by atoms with Gasteiger partial charge in [0.2, 0.25) is 5.91 Å². The lowest BCUT2D eigenvalue weighted by atomic mass is 10.2. The number of carbonyl (C=O) groups excluding carboxylic acids is 1. The molecule has 3 atom stereocenters. The lowest BCUT2D eigenvalue weighted by Crippen LogP contribution is -2.48. The second-order valence-corrected chi connectivity index (χ2v) is 11.7. The van der Waals surface area contributed by atoms with E-state index in [0.717, 1.165) is 3.97 Å². The molecule has 214 valence electrons. The standard InChI is InChI=1S/C26H29F3N6O4S/c1-3-21(25(37)31-15-26(27,28)29)33-11-9-17(14-33)35-22-19-10-12-34(40(38,39)18-7-5-4-6-8-18)24(19)30-13-20(22)32-23(35)16(2)36/h4-8,10,12-13,16-17,21,36H,3,9,11,14-15H2,1-2H3,(H,31,37)/t16-,17+,21?/m1/s1. The number of benzene rings is 1. The molecular formula is C26H29F3N6O4S. The second kappa shape index (κ2) is 10.5. The Balaban J connectivity index is 1.54. The zero-order chi connectivity index (χ0) is 28.8. The van der Waals surface area contributed by atoms with Gasteiger partial charge in [0.1, 0.15) is 24.0 Å². The van der Waals surface area contributed by atoms with Gasteiger partial charge in [0.15, 0.2) is 5.65 Å². The fourth-order valence-electron chi connectivity index (χ4n) is 5.41. The fraction of sp³-hybridized carbons (Fsp3) is 0.423. The van der Waals surface area contributed by atoms with Gasteiger partial charge in [-0.3, -0.25) is 9.69 Å². The van der Waals surface area contributed by atoms with E-state index in [1.165, 1.54) is 24.5 Å². The minimum atomic E-state index is -4.51. The maximum absolute atomic E-state index is 13.4. The van der Waals surface area contributed by atoms with Crippen LogP contribution in [0.3, 0.4) is 0 Å². The van der Waals surface area contributed by atoms with Crippen molar-refractivity contribution in [1.82, 2.24) is 28.7 Å². The number of hydrogen-bond donors (Lipinski definition) is 2. The maximum atomic E-state index is 13.4. The van der Waals surface area contributed by atoms with Crippen LogP contribution in [0.25, 0.3) is 22.1 Å². The summed E-state index contributed by atoms with van der Waals surface area (Å²) in [6, 6.07) is 8.59. The first-order valence-corrected chi connectivity index (χ1v) is 14.3. The third-order valence-electron chi connectivity index (χ3n) is 7.18. The summed E-state index contributed by atoms with van der Waals surface area (Å²) in [6.45, 7) is 2.69. The van der Waals surface area contributed by atoms with Gasteiger partial charge in [-0.05, 0) is 38.0 Å². The monoisotopic (exact) mass is 578 g/mol. The first-order valence-electron chi connectivity index (χ1n) is 12.9. The number of nitrogens with zero attached hydrogens (tertiary/aromatic N) is 5. The predicted octanol–water partition coefficient (Wildman–Crippen LogP) is 3.38. The van der Waals surface area contributed by atoms with Gasteiger partial charge in [-0.2, -0.15) is 13.2 Å². The lowest BCUT2D eigenvalue weighted by molar-refractivity contribution is -0.141. The molecule has 5 rings (SSSR count). The summed E-state index contributed by atoms with van der Waals surface area (Å²) in [7, 11) is -3.94. The molecule has 3 aromatic heterocycles. The van der Waals surface area contributed by atoms with E-state index in [-0.39, 0.29) is 16.6 Å². The highest BCUT2D eigenvalue weighted by Gasteiger charge is 2.36. The van der Waals surface area contributed by atoms with Crippen LogP contribution >= 0.6 is 0 Å². The molecule has 0 radical (unpaired) electrons. The van der Waals surface area contributed by atoms with Crippen LogP contribution in [0.2, 0.25) is 0 Å². The van der Waals surface area contributed by atoms with E-state index in [4.69, 9.17) is 0 Å². The van der Waals surface area contributed by atoms with E-state index in [9.17, 15) is 31.5 Å². The normalized spacial score (nSPS) is 18.4. The largest absolute Gasteiger partial charge is 0.405 e. The number of rotatable bonds is 8. The van der Waals surface area contributed by atoms with Crippen LogP contribution in [0.5, 0.6) is 0 Å².